The number of ether oxygens (including phenoxy) is 2. The Bertz CT molecular complexity index is 629. The van der Waals surface area contributed by atoms with Crippen molar-refractivity contribution in [2.75, 3.05) is 27.7 Å². The summed E-state index contributed by atoms with van der Waals surface area (Å²) in [6.07, 6.45) is 2.15. The molecule has 2 aromatic rings. The second kappa shape index (κ2) is 8.80. The van der Waals surface area contributed by atoms with Crippen molar-refractivity contribution in [1.82, 2.24) is 4.90 Å². The van der Waals surface area contributed by atoms with Crippen molar-refractivity contribution in [3.8, 4) is 11.5 Å². The maximum atomic E-state index is 5.99. The molecule has 0 N–H and O–H groups in total. The summed E-state index contributed by atoms with van der Waals surface area (Å²) in [5, 5.41) is 0.717. The highest BCUT2D eigenvalue weighted by molar-refractivity contribution is 6.30. The van der Waals surface area contributed by atoms with Crippen LogP contribution in [0.1, 0.15) is 17.5 Å². The first-order valence-electron chi connectivity index (χ1n) is 7.77. The van der Waals surface area contributed by atoms with Crippen molar-refractivity contribution < 1.29 is 9.47 Å². The average Bonchev–Trinajstić information content (AvgIpc) is 2.53. The Kier molecular flexibility index (Phi) is 6.75. The molecular formula is C19H24ClNO2. The zero-order valence-corrected chi connectivity index (χ0v) is 14.8. The normalized spacial score (nSPS) is 10.8. The van der Waals surface area contributed by atoms with Gasteiger partial charge in [0.25, 0.3) is 0 Å². The van der Waals surface area contributed by atoms with E-state index < -0.39 is 0 Å². The van der Waals surface area contributed by atoms with Gasteiger partial charge in [0.2, 0.25) is 0 Å². The molecule has 0 saturated heterocycles. The fourth-order valence-corrected chi connectivity index (χ4v) is 2.59. The van der Waals surface area contributed by atoms with Gasteiger partial charge in [-0.05, 0) is 68.9 Å². The molecule has 0 aliphatic carbocycles. The highest BCUT2D eigenvalue weighted by atomic mass is 35.5. The summed E-state index contributed by atoms with van der Waals surface area (Å²) in [6.45, 7) is 1.55. The molecule has 0 fully saturated rings. The van der Waals surface area contributed by atoms with E-state index in [1.807, 2.05) is 30.3 Å². The molecule has 124 valence electrons. The molecule has 2 rings (SSSR count). The van der Waals surface area contributed by atoms with E-state index in [0.717, 1.165) is 36.4 Å². The van der Waals surface area contributed by atoms with E-state index in [0.29, 0.717) is 11.6 Å². The molecule has 0 spiro atoms. The quantitative estimate of drug-likeness (QED) is 0.713. The predicted molar refractivity (Wildman–Crippen MR) is 95.7 cm³/mol. The van der Waals surface area contributed by atoms with Crippen LogP contribution in [-0.4, -0.2) is 32.6 Å². The number of hydrogen-bond donors (Lipinski definition) is 0. The Labute approximate surface area is 143 Å². The van der Waals surface area contributed by atoms with Crippen LogP contribution in [0.5, 0.6) is 11.5 Å². The van der Waals surface area contributed by atoms with Gasteiger partial charge in [-0.15, -0.1) is 0 Å². The molecule has 0 unspecified atom stereocenters. The van der Waals surface area contributed by atoms with Crippen molar-refractivity contribution >= 4 is 11.6 Å². The first kappa shape index (κ1) is 17.6. The summed E-state index contributed by atoms with van der Waals surface area (Å²) in [7, 11) is 5.85. The van der Waals surface area contributed by atoms with Crippen molar-refractivity contribution in [2.45, 2.75) is 19.4 Å². The van der Waals surface area contributed by atoms with Gasteiger partial charge in [-0.25, -0.2) is 0 Å². The lowest BCUT2D eigenvalue weighted by atomic mass is 10.1. The number of nitrogens with zero attached hydrogens (tertiary/aromatic N) is 1. The summed E-state index contributed by atoms with van der Waals surface area (Å²) in [4.78, 5) is 2.19. The number of rotatable bonds is 8. The topological polar surface area (TPSA) is 21.7 Å². The van der Waals surface area contributed by atoms with Crippen LogP contribution in [-0.2, 0) is 13.0 Å². The molecule has 0 radical (unpaired) electrons. The summed E-state index contributed by atoms with van der Waals surface area (Å²) >= 11 is 5.99. The molecule has 0 amide bonds. The smallest absolute Gasteiger partial charge is 0.161 e. The fraction of sp³-hybridized carbons (Fsp3) is 0.368. The molecular weight excluding hydrogens is 310 g/mol. The van der Waals surface area contributed by atoms with E-state index in [1.54, 1.807) is 7.11 Å². The standard InChI is InChI=1S/C19H24ClNO2/c1-21(2)11-5-7-15-9-10-18(19(13-15)22-3)23-14-16-6-4-8-17(20)12-16/h4,6,8-10,12-13H,5,7,11,14H2,1-3H3. The monoisotopic (exact) mass is 333 g/mol. The SMILES string of the molecule is COc1cc(CCCN(C)C)ccc1OCc1cccc(Cl)c1. The Hall–Kier alpha value is -1.71. The Morgan fingerprint density at radius 2 is 1.83 bits per heavy atom. The molecule has 0 heterocycles. The van der Waals surface area contributed by atoms with Gasteiger partial charge in [-0.2, -0.15) is 0 Å². The average molecular weight is 334 g/mol. The molecule has 0 aromatic heterocycles. The molecule has 2 aromatic carbocycles. The molecule has 0 atom stereocenters. The van der Waals surface area contributed by atoms with Crippen LogP contribution in [0.2, 0.25) is 5.02 Å². The van der Waals surface area contributed by atoms with Gasteiger partial charge >= 0.3 is 0 Å². The van der Waals surface area contributed by atoms with E-state index >= 15 is 0 Å². The molecule has 0 aliphatic heterocycles. The van der Waals surface area contributed by atoms with Crippen LogP contribution >= 0.6 is 11.6 Å². The molecule has 0 saturated carbocycles. The second-order valence-corrected chi connectivity index (χ2v) is 6.25. The summed E-state index contributed by atoms with van der Waals surface area (Å²) in [5.41, 5.74) is 2.30. The number of hydrogen-bond acceptors (Lipinski definition) is 3. The van der Waals surface area contributed by atoms with Gasteiger partial charge in [-0.1, -0.05) is 29.8 Å². The van der Waals surface area contributed by atoms with Crippen LogP contribution in [0.15, 0.2) is 42.5 Å². The first-order valence-corrected chi connectivity index (χ1v) is 8.15. The molecule has 3 nitrogen and oxygen atoms in total. The molecule has 0 aliphatic rings. The minimum Gasteiger partial charge on any atom is -0.493 e. The van der Waals surface area contributed by atoms with E-state index in [2.05, 4.69) is 31.1 Å². The van der Waals surface area contributed by atoms with Crippen molar-refractivity contribution in [3.63, 3.8) is 0 Å². The van der Waals surface area contributed by atoms with E-state index in [-0.39, 0.29) is 0 Å². The highest BCUT2D eigenvalue weighted by Gasteiger charge is 2.07. The van der Waals surface area contributed by atoms with Crippen LogP contribution in [0.3, 0.4) is 0 Å². The zero-order chi connectivity index (χ0) is 16.7. The van der Waals surface area contributed by atoms with E-state index in [9.17, 15) is 0 Å². The van der Waals surface area contributed by atoms with Gasteiger partial charge in [-0.3, -0.25) is 0 Å². The predicted octanol–water partition coefficient (Wildman–Crippen LogP) is 4.42. The van der Waals surface area contributed by atoms with Gasteiger partial charge in [0, 0.05) is 5.02 Å². The molecule has 0 bridgehead atoms. The lowest BCUT2D eigenvalue weighted by molar-refractivity contribution is 0.284. The minimum atomic E-state index is 0.469. The largest absolute Gasteiger partial charge is 0.493 e. The fourth-order valence-electron chi connectivity index (χ4n) is 2.37. The second-order valence-electron chi connectivity index (χ2n) is 5.81. The lowest BCUT2D eigenvalue weighted by Gasteiger charge is -2.13. The Morgan fingerprint density at radius 1 is 1.00 bits per heavy atom. The van der Waals surface area contributed by atoms with Gasteiger partial charge in [0.1, 0.15) is 6.61 Å². The summed E-state index contributed by atoms with van der Waals surface area (Å²) < 4.78 is 11.3. The van der Waals surface area contributed by atoms with Crippen molar-refractivity contribution in [1.29, 1.82) is 0 Å². The van der Waals surface area contributed by atoms with Crippen LogP contribution < -0.4 is 9.47 Å². The zero-order valence-electron chi connectivity index (χ0n) is 14.0. The number of benzene rings is 2. The summed E-state index contributed by atoms with van der Waals surface area (Å²) in [5.74, 6) is 1.53. The third-order valence-corrected chi connectivity index (χ3v) is 3.82. The van der Waals surface area contributed by atoms with Gasteiger partial charge in [0.15, 0.2) is 11.5 Å². The van der Waals surface area contributed by atoms with Gasteiger partial charge in [0.05, 0.1) is 7.11 Å². The van der Waals surface area contributed by atoms with Crippen LogP contribution in [0.25, 0.3) is 0 Å². The first-order chi connectivity index (χ1) is 11.1. The third-order valence-electron chi connectivity index (χ3n) is 3.58. The van der Waals surface area contributed by atoms with Crippen LogP contribution in [0, 0.1) is 0 Å². The lowest BCUT2D eigenvalue weighted by Crippen LogP contribution is -2.13. The van der Waals surface area contributed by atoms with Gasteiger partial charge < -0.3 is 14.4 Å². The third kappa shape index (κ3) is 5.77. The Balaban J connectivity index is 1.98. The van der Waals surface area contributed by atoms with E-state index in [1.165, 1.54) is 5.56 Å². The number of methoxy groups -OCH3 is 1. The number of halogens is 1. The maximum Gasteiger partial charge on any atom is 0.161 e. The minimum absolute atomic E-state index is 0.469. The number of aryl methyl sites for hydroxylation is 1. The maximum absolute atomic E-state index is 5.99. The van der Waals surface area contributed by atoms with E-state index in [4.69, 9.17) is 21.1 Å². The summed E-state index contributed by atoms with van der Waals surface area (Å²) in [6, 6.07) is 13.8. The van der Waals surface area contributed by atoms with Crippen LogP contribution in [0.4, 0.5) is 0 Å². The van der Waals surface area contributed by atoms with Crippen molar-refractivity contribution in [2.24, 2.45) is 0 Å². The molecule has 23 heavy (non-hydrogen) atoms. The molecule has 4 heteroatoms. The Morgan fingerprint density at radius 3 is 2.52 bits per heavy atom. The van der Waals surface area contributed by atoms with Crippen molar-refractivity contribution in [3.05, 3.63) is 58.6 Å². The highest BCUT2D eigenvalue weighted by Crippen LogP contribution is 2.29.